The highest BCUT2D eigenvalue weighted by atomic mass is 16.5. The molecule has 1 saturated heterocycles. The molecule has 1 atom stereocenters. The Morgan fingerprint density at radius 3 is 2.77 bits per heavy atom. The molecule has 0 aliphatic carbocycles. The van der Waals surface area contributed by atoms with Crippen molar-refractivity contribution in [2.24, 2.45) is 5.92 Å². The molecule has 0 saturated carbocycles. The molecule has 1 aromatic heterocycles. The van der Waals surface area contributed by atoms with Crippen molar-refractivity contribution in [3.05, 3.63) is 29.5 Å². The summed E-state index contributed by atoms with van der Waals surface area (Å²) in [6.07, 6.45) is 1.15. The molecule has 2 heterocycles. The first-order chi connectivity index (χ1) is 12.3. The molecule has 5 heteroatoms. The second-order valence-corrected chi connectivity index (χ2v) is 7.99. The molecule has 1 aliphatic rings. The number of nitrogens with zero attached hydrogens (tertiary/aromatic N) is 1. The Morgan fingerprint density at radius 1 is 1.35 bits per heavy atom. The number of fused-ring (bicyclic) bond motifs is 1. The van der Waals surface area contributed by atoms with Crippen molar-refractivity contribution in [3.8, 4) is 5.75 Å². The molecule has 0 radical (unpaired) electrons. The lowest BCUT2D eigenvalue weighted by molar-refractivity contribution is 0.0526. The number of carbonyl (C=O) groups is 1. The topological polar surface area (TPSA) is 51.9 Å². The Hall–Kier alpha value is -2.01. The van der Waals surface area contributed by atoms with E-state index in [0.717, 1.165) is 30.6 Å². The molecule has 0 N–H and O–H groups in total. The predicted octanol–water partition coefficient (Wildman–Crippen LogP) is 4.42. The number of likely N-dealkylation sites (tertiary alicyclic amines) is 1. The molecular weight excluding hydrogens is 330 g/mol. The fourth-order valence-electron chi connectivity index (χ4n) is 3.54. The van der Waals surface area contributed by atoms with Crippen molar-refractivity contribution in [2.75, 3.05) is 26.3 Å². The van der Waals surface area contributed by atoms with Crippen molar-refractivity contribution < 1.29 is 18.7 Å². The molecule has 3 rings (SSSR count). The van der Waals surface area contributed by atoms with Crippen molar-refractivity contribution >= 4 is 16.9 Å². The highest BCUT2D eigenvalue weighted by molar-refractivity contribution is 6.04. The number of carbonyl (C=O) groups excluding carboxylic acids is 1. The van der Waals surface area contributed by atoms with Crippen LogP contribution >= 0.6 is 0 Å². The Balaban J connectivity index is 1.71. The van der Waals surface area contributed by atoms with Gasteiger partial charge in [-0.1, -0.05) is 0 Å². The largest absolute Gasteiger partial charge is 0.493 e. The van der Waals surface area contributed by atoms with E-state index in [1.165, 1.54) is 0 Å². The number of esters is 1. The van der Waals surface area contributed by atoms with Gasteiger partial charge in [-0.15, -0.1) is 0 Å². The lowest BCUT2D eigenvalue weighted by Gasteiger charge is -2.31. The van der Waals surface area contributed by atoms with Gasteiger partial charge in [0.1, 0.15) is 22.7 Å². The summed E-state index contributed by atoms with van der Waals surface area (Å²) in [5.74, 6) is 1.52. The van der Waals surface area contributed by atoms with E-state index in [4.69, 9.17) is 13.9 Å². The molecule has 0 spiro atoms. The summed E-state index contributed by atoms with van der Waals surface area (Å²) in [6.45, 7) is 13.5. The van der Waals surface area contributed by atoms with E-state index in [1.807, 2.05) is 18.2 Å². The average molecular weight is 359 g/mol. The number of benzene rings is 1. The van der Waals surface area contributed by atoms with Crippen molar-refractivity contribution in [1.82, 2.24) is 4.90 Å². The van der Waals surface area contributed by atoms with Crippen LogP contribution in [0.5, 0.6) is 5.75 Å². The lowest BCUT2D eigenvalue weighted by Crippen LogP contribution is -2.39. The number of ether oxygens (including phenoxy) is 2. The summed E-state index contributed by atoms with van der Waals surface area (Å²) in [6, 6.07) is 5.64. The van der Waals surface area contributed by atoms with Crippen LogP contribution in [0, 0.1) is 12.8 Å². The molecule has 1 fully saturated rings. The van der Waals surface area contributed by atoms with Crippen LogP contribution in [0.15, 0.2) is 22.6 Å². The molecule has 0 amide bonds. The zero-order chi connectivity index (χ0) is 18.9. The second-order valence-electron chi connectivity index (χ2n) is 7.99. The van der Waals surface area contributed by atoms with Crippen LogP contribution in [0.1, 0.15) is 50.2 Å². The maximum atomic E-state index is 12.2. The van der Waals surface area contributed by atoms with Gasteiger partial charge >= 0.3 is 5.97 Å². The van der Waals surface area contributed by atoms with Crippen molar-refractivity contribution in [3.63, 3.8) is 0 Å². The summed E-state index contributed by atoms with van der Waals surface area (Å²) in [4.78, 5) is 14.7. The Bertz CT molecular complexity index is 787. The van der Waals surface area contributed by atoms with Gasteiger partial charge in [0.25, 0.3) is 0 Å². The fraction of sp³-hybridized carbons (Fsp3) is 0.571. The van der Waals surface area contributed by atoms with Crippen LogP contribution in [-0.2, 0) is 4.74 Å². The van der Waals surface area contributed by atoms with Gasteiger partial charge in [0, 0.05) is 23.4 Å². The molecule has 2 aromatic rings. The summed E-state index contributed by atoms with van der Waals surface area (Å²) in [7, 11) is 0. The zero-order valence-electron chi connectivity index (χ0n) is 16.4. The van der Waals surface area contributed by atoms with E-state index in [2.05, 4.69) is 25.7 Å². The molecule has 1 aromatic carbocycles. The first kappa shape index (κ1) is 18.8. The normalized spacial score (nSPS) is 18.4. The monoisotopic (exact) mass is 359 g/mol. The van der Waals surface area contributed by atoms with Gasteiger partial charge in [-0.25, -0.2) is 4.79 Å². The molecule has 26 heavy (non-hydrogen) atoms. The highest BCUT2D eigenvalue weighted by Crippen LogP contribution is 2.31. The van der Waals surface area contributed by atoms with Crippen LogP contribution in [0.4, 0.5) is 0 Å². The lowest BCUT2D eigenvalue weighted by atomic mass is 10.1. The van der Waals surface area contributed by atoms with E-state index in [1.54, 1.807) is 13.8 Å². The van der Waals surface area contributed by atoms with Crippen molar-refractivity contribution in [2.45, 2.75) is 46.6 Å². The maximum absolute atomic E-state index is 12.2. The van der Waals surface area contributed by atoms with Gasteiger partial charge in [0.05, 0.1) is 13.2 Å². The predicted molar refractivity (Wildman–Crippen MR) is 102 cm³/mol. The van der Waals surface area contributed by atoms with Gasteiger partial charge in [-0.2, -0.15) is 0 Å². The Morgan fingerprint density at radius 2 is 2.12 bits per heavy atom. The third-order valence-corrected chi connectivity index (χ3v) is 5.04. The number of hydrogen-bond acceptors (Lipinski definition) is 5. The minimum Gasteiger partial charge on any atom is -0.493 e. The van der Waals surface area contributed by atoms with Gasteiger partial charge in [-0.3, -0.25) is 4.90 Å². The third kappa shape index (κ3) is 3.88. The maximum Gasteiger partial charge on any atom is 0.342 e. The highest BCUT2D eigenvalue weighted by Gasteiger charge is 2.30. The van der Waals surface area contributed by atoms with E-state index in [9.17, 15) is 4.79 Å². The molecule has 5 nitrogen and oxygen atoms in total. The minimum atomic E-state index is -0.350. The van der Waals surface area contributed by atoms with E-state index in [-0.39, 0.29) is 11.5 Å². The summed E-state index contributed by atoms with van der Waals surface area (Å²) >= 11 is 0. The quantitative estimate of drug-likeness (QED) is 0.740. The molecule has 142 valence electrons. The van der Waals surface area contributed by atoms with Gasteiger partial charge in [0.15, 0.2) is 0 Å². The van der Waals surface area contributed by atoms with Gasteiger partial charge < -0.3 is 13.9 Å². The minimum absolute atomic E-state index is 0.205. The zero-order valence-corrected chi connectivity index (χ0v) is 16.4. The van der Waals surface area contributed by atoms with Crippen LogP contribution in [-0.4, -0.2) is 42.7 Å². The fourth-order valence-corrected chi connectivity index (χ4v) is 3.54. The average Bonchev–Trinajstić information content (AvgIpc) is 3.16. The van der Waals surface area contributed by atoms with Crippen LogP contribution in [0.3, 0.4) is 0 Å². The number of furan rings is 1. The van der Waals surface area contributed by atoms with Gasteiger partial charge in [-0.05, 0) is 65.8 Å². The van der Waals surface area contributed by atoms with Crippen molar-refractivity contribution in [1.29, 1.82) is 0 Å². The SMILES string of the molecule is CCOC(=O)c1c(C)oc2ccc(OCC3CCN(C(C)(C)C)C3)cc12. The Kier molecular flexibility index (Phi) is 5.28. The van der Waals surface area contributed by atoms with E-state index < -0.39 is 0 Å². The number of hydrogen-bond donors (Lipinski definition) is 0. The second kappa shape index (κ2) is 7.31. The summed E-state index contributed by atoms with van der Waals surface area (Å²) in [5.41, 5.74) is 1.38. The molecule has 0 bridgehead atoms. The summed E-state index contributed by atoms with van der Waals surface area (Å²) < 4.78 is 16.9. The molecule has 1 aliphatic heterocycles. The smallest absolute Gasteiger partial charge is 0.342 e. The standard InChI is InChI=1S/C21H29NO4/c1-6-24-20(23)19-14(2)26-18-8-7-16(11-17(18)19)25-13-15-9-10-22(12-15)21(3,4)5/h7-8,11,15H,6,9-10,12-13H2,1-5H3. The van der Waals surface area contributed by atoms with Gasteiger partial charge in [0.2, 0.25) is 0 Å². The Labute approximate surface area is 155 Å². The number of aryl methyl sites for hydroxylation is 1. The molecular formula is C21H29NO4. The third-order valence-electron chi connectivity index (χ3n) is 5.04. The summed E-state index contributed by atoms with van der Waals surface area (Å²) in [5, 5.41) is 0.751. The van der Waals surface area contributed by atoms with E-state index >= 15 is 0 Å². The number of rotatable bonds is 5. The molecule has 1 unspecified atom stereocenters. The first-order valence-electron chi connectivity index (χ1n) is 9.37. The first-order valence-corrected chi connectivity index (χ1v) is 9.37. The van der Waals surface area contributed by atoms with Crippen LogP contribution in [0.2, 0.25) is 0 Å². The van der Waals surface area contributed by atoms with Crippen LogP contribution < -0.4 is 4.74 Å². The van der Waals surface area contributed by atoms with E-state index in [0.29, 0.717) is 36.0 Å². The van der Waals surface area contributed by atoms with Crippen LogP contribution in [0.25, 0.3) is 11.0 Å².